The van der Waals surface area contributed by atoms with Crippen LogP contribution in [0.5, 0.6) is 5.75 Å². The summed E-state index contributed by atoms with van der Waals surface area (Å²) in [7, 11) is 0. The highest BCUT2D eigenvalue weighted by atomic mass is 19.1. The zero-order valence-electron chi connectivity index (χ0n) is 12.7. The van der Waals surface area contributed by atoms with Gasteiger partial charge < -0.3 is 4.74 Å². The van der Waals surface area contributed by atoms with Crippen molar-refractivity contribution in [2.45, 2.75) is 33.1 Å². The summed E-state index contributed by atoms with van der Waals surface area (Å²) >= 11 is 0. The first-order valence-electron chi connectivity index (χ1n) is 7.28. The molecule has 0 atom stereocenters. The van der Waals surface area contributed by atoms with Crippen LogP contribution in [0.3, 0.4) is 0 Å². The smallest absolute Gasteiger partial charge is 0.343 e. The van der Waals surface area contributed by atoms with Crippen LogP contribution < -0.4 is 4.74 Å². The van der Waals surface area contributed by atoms with E-state index in [1.807, 2.05) is 13.8 Å². The summed E-state index contributed by atoms with van der Waals surface area (Å²) in [6, 6.07) is 8.87. The van der Waals surface area contributed by atoms with E-state index >= 15 is 0 Å². The van der Waals surface area contributed by atoms with E-state index < -0.39 is 17.6 Å². The SMILES string of the molecule is CCCCc1c(F)cc(OC(=O)c2ccc(C)cc2)cc1F. The van der Waals surface area contributed by atoms with E-state index in [0.29, 0.717) is 18.4 Å². The summed E-state index contributed by atoms with van der Waals surface area (Å²) in [6.07, 6.45) is 1.89. The topological polar surface area (TPSA) is 26.3 Å². The Labute approximate surface area is 128 Å². The molecule has 0 fully saturated rings. The molecule has 0 amide bonds. The first-order valence-corrected chi connectivity index (χ1v) is 7.28. The second kappa shape index (κ2) is 7.16. The zero-order valence-corrected chi connectivity index (χ0v) is 12.7. The Morgan fingerprint density at radius 3 is 2.23 bits per heavy atom. The molecule has 0 unspecified atom stereocenters. The van der Waals surface area contributed by atoms with E-state index in [4.69, 9.17) is 4.74 Å². The molecule has 0 aliphatic carbocycles. The van der Waals surface area contributed by atoms with Crippen LogP contribution in [0, 0.1) is 18.6 Å². The number of halogens is 2. The highest BCUT2D eigenvalue weighted by Crippen LogP contribution is 2.23. The van der Waals surface area contributed by atoms with Crippen molar-refractivity contribution >= 4 is 5.97 Å². The van der Waals surface area contributed by atoms with Crippen LogP contribution in [0.1, 0.15) is 41.3 Å². The minimum atomic E-state index is -0.680. The van der Waals surface area contributed by atoms with Crippen molar-refractivity contribution in [2.24, 2.45) is 0 Å². The lowest BCUT2D eigenvalue weighted by atomic mass is 10.1. The molecule has 0 aliphatic rings. The summed E-state index contributed by atoms with van der Waals surface area (Å²) in [5, 5.41) is 0. The minimum absolute atomic E-state index is 0.0389. The van der Waals surface area contributed by atoms with E-state index in [9.17, 15) is 13.6 Å². The van der Waals surface area contributed by atoms with Gasteiger partial charge in [0.2, 0.25) is 0 Å². The van der Waals surface area contributed by atoms with Crippen molar-refractivity contribution in [1.82, 2.24) is 0 Å². The van der Waals surface area contributed by atoms with Gasteiger partial charge in [-0.1, -0.05) is 31.0 Å². The molecule has 116 valence electrons. The van der Waals surface area contributed by atoms with Crippen molar-refractivity contribution in [1.29, 1.82) is 0 Å². The fourth-order valence-electron chi connectivity index (χ4n) is 2.09. The van der Waals surface area contributed by atoms with Gasteiger partial charge in [0.1, 0.15) is 17.4 Å². The number of aryl methyl sites for hydroxylation is 1. The maximum atomic E-state index is 13.9. The summed E-state index contributed by atoms with van der Waals surface area (Å²) in [5.74, 6) is -2.12. The average Bonchev–Trinajstić information content (AvgIpc) is 2.47. The van der Waals surface area contributed by atoms with Crippen LogP contribution in [0.2, 0.25) is 0 Å². The second-order valence-electron chi connectivity index (χ2n) is 5.22. The minimum Gasteiger partial charge on any atom is -0.423 e. The van der Waals surface area contributed by atoms with Gasteiger partial charge in [-0.15, -0.1) is 0 Å². The lowest BCUT2D eigenvalue weighted by molar-refractivity contribution is 0.0734. The molecule has 0 heterocycles. The van der Waals surface area contributed by atoms with E-state index in [1.165, 1.54) is 0 Å². The van der Waals surface area contributed by atoms with Gasteiger partial charge in [0.25, 0.3) is 0 Å². The fraction of sp³-hybridized carbons (Fsp3) is 0.278. The number of hydrogen-bond donors (Lipinski definition) is 0. The molecule has 0 aromatic heterocycles. The predicted octanol–water partition coefficient (Wildman–Crippen LogP) is 4.84. The maximum absolute atomic E-state index is 13.9. The quantitative estimate of drug-likeness (QED) is 0.584. The highest BCUT2D eigenvalue weighted by molar-refractivity contribution is 5.91. The Bertz CT molecular complexity index is 640. The van der Waals surface area contributed by atoms with Crippen molar-refractivity contribution in [3.05, 3.63) is 64.7 Å². The van der Waals surface area contributed by atoms with Crippen molar-refractivity contribution in [3.63, 3.8) is 0 Å². The molecule has 2 rings (SSSR count). The van der Waals surface area contributed by atoms with E-state index in [2.05, 4.69) is 0 Å². The van der Waals surface area contributed by atoms with Gasteiger partial charge in [-0.25, -0.2) is 13.6 Å². The molecule has 2 aromatic carbocycles. The second-order valence-corrected chi connectivity index (χ2v) is 5.22. The van der Waals surface area contributed by atoms with Crippen molar-refractivity contribution in [2.75, 3.05) is 0 Å². The predicted molar refractivity (Wildman–Crippen MR) is 81.1 cm³/mol. The number of unbranched alkanes of at least 4 members (excludes halogenated alkanes) is 1. The summed E-state index contributed by atoms with van der Waals surface area (Å²) < 4.78 is 32.9. The Hall–Kier alpha value is -2.23. The van der Waals surface area contributed by atoms with Crippen LogP contribution in [0.25, 0.3) is 0 Å². The first-order chi connectivity index (χ1) is 10.5. The lowest BCUT2D eigenvalue weighted by Crippen LogP contribution is -2.09. The molecule has 2 aromatic rings. The van der Waals surface area contributed by atoms with Crippen LogP contribution in [0.15, 0.2) is 36.4 Å². The molecule has 0 radical (unpaired) electrons. The highest BCUT2D eigenvalue weighted by Gasteiger charge is 2.14. The van der Waals surface area contributed by atoms with Crippen LogP contribution in [-0.4, -0.2) is 5.97 Å². The Morgan fingerprint density at radius 2 is 1.68 bits per heavy atom. The monoisotopic (exact) mass is 304 g/mol. The van der Waals surface area contributed by atoms with Gasteiger partial charge >= 0.3 is 5.97 Å². The third-order valence-corrected chi connectivity index (χ3v) is 3.39. The maximum Gasteiger partial charge on any atom is 0.343 e. The number of benzene rings is 2. The standard InChI is InChI=1S/C18H18F2O2/c1-3-4-5-15-16(19)10-14(11-17(15)20)22-18(21)13-8-6-12(2)7-9-13/h6-11H,3-5H2,1-2H3. The van der Waals surface area contributed by atoms with Crippen LogP contribution in [0.4, 0.5) is 8.78 Å². The third kappa shape index (κ3) is 3.91. The van der Waals surface area contributed by atoms with E-state index in [-0.39, 0.29) is 11.3 Å². The largest absolute Gasteiger partial charge is 0.423 e. The Balaban J connectivity index is 2.16. The first kappa shape index (κ1) is 16.1. The fourth-order valence-corrected chi connectivity index (χ4v) is 2.09. The molecule has 0 aliphatic heterocycles. The molecule has 2 nitrogen and oxygen atoms in total. The van der Waals surface area contributed by atoms with Gasteiger partial charge in [-0.3, -0.25) is 0 Å². The number of carbonyl (C=O) groups is 1. The Morgan fingerprint density at radius 1 is 1.09 bits per heavy atom. The van der Waals surface area contributed by atoms with Gasteiger partial charge in [0.15, 0.2) is 0 Å². The van der Waals surface area contributed by atoms with E-state index in [0.717, 1.165) is 24.1 Å². The lowest BCUT2D eigenvalue weighted by Gasteiger charge is -2.09. The molecular weight excluding hydrogens is 286 g/mol. The number of ether oxygens (including phenoxy) is 1. The summed E-state index contributed by atoms with van der Waals surface area (Å²) in [4.78, 5) is 11.9. The molecule has 0 bridgehead atoms. The number of esters is 1. The molecule has 22 heavy (non-hydrogen) atoms. The Kier molecular flexibility index (Phi) is 5.26. The van der Waals surface area contributed by atoms with Crippen molar-refractivity contribution in [3.8, 4) is 5.75 Å². The zero-order chi connectivity index (χ0) is 16.1. The van der Waals surface area contributed by atoms with Crippen LogP contribution in [-0.2, 0) is 6.42 Å². The number of rotatable bonds is 5. The normalized spacial score (nSPS) is 10.5. The summed E-state index contributed by atoms with van der Waals surface area (Å²) in [5.41, 5.74) is 1.38. The third-order valence-electron chi connectivity index (χ3n) is 3.39. The molecule has 0 spiro atoms. The van der Waals surface area contributed by atoms with Crippen molar-refractivity contribution < 1.29 is 18.3 Å². The summed E-state index contributed by atoms with van der Waals surface area (Å²) in [6.45, 7) is 3.85. The van der Waals surface area contributed by atoms with Gasteiger partial charge in [0, 0.05) is 17.7 Å². The molecule has 4 heteroatoms. The average molecular weight is 304 g/mol. The molecular formula is C18H18F2O2. The number of carbonyl (C=O) groups excluding carboxylic acids is 1. The molecule has 0 saturated carbocycles. The van der Waals surface area contributed by atoms with Gasteiger partial charge in [-0.05, 0) is 31.9 Å². The molecule has 0 saturated heterocycles. The van der Waals surface area contributed by atoms with E-state index in [1.54, 1.807) is 24.3 Å². The van der Waals surface area contributed by atoms with Crippen LogP contribution >= 0.6 is 0 Å². The number of hydrogen-bond acceptors (Lipinski definition) is 2. The van der Waals surface area contributed by atoms with Gasteiger partial charge in [0.05, 0.1) is 5.56 Å². The van der Waals surface area contributed by atoms with Gasteiger partial charge in [-0.2, -0.15) is 0 Å². The molecule has 0 N–H and O–H groups in total.